The van der Waals surface area contributed by atoms with E-state index < -0.39 is 0 Å². The molecule has 1 aliphatic rings. The van der Waals surface area contributed by atoms with E-state index in [4.69, 9.17) is 4.74 Å². The largest absolute Gasteiger partial charge is 0.378 e. The van der Waals surface area contributed by atoms with Crippen LogP contribution in [0.3, 0.4) is 0 Å². The molecule has 2 aromatic rings. The number of hydrogen-bond donors (Lipinski definition) is 0. The molecule has 0 atom stereocenters. The predicted octanol–water partition coefficient (Wildman–Crippen LogP) is 2.18. The summed E-state index contributed by atoms with van der Waals surface area (Å²) in [4.78, 5) is 19.2. The van der Waals surface area contributed by atoms with Gasteiger partial charge in [-0.3, -0.25) is 9.36 Å². The Bertz CT molecular complexity index is 739. The average molecular weight is 317 g/mol. The molecule has 5 nitrogen and oxygen atoms in total. The Morgan fingerprint density at radius 1 is 1.26 bits per heavy atom. The standard InChI is InChI=1S/C17H20FN3O2/c1-23-12-14-10-16(22)21(11-13-6-2-3-7-15(13)18)17(19-14)20-8-4-5-9-20/h2-3,6-7,10H,4-5,8-9,11-12H2,1H3. The third kappa shape index (κ3) is 3.42. The normalized spacial score (nSPS) is 14.4. The topological polar surface area (TPSA) is 47.4 Å². The Morgan fingerprint density at radius 2 is 2.00 bits per heavy atom. The fourth-order valence-electron chi connectivity index (χ4n) is 2.87. The zero-order valence-electron chi connectivity index (χ0n) is 13.2. The Kier molecular flexibility index (Phi) is 4.71. The maximum atomic E-state index is 13.9. The SMILES string of the molecule is COCc1cc(=O)n(Cc2ccccc2F)c(N2CCCC2)n1. The number of ether oxygens (including phenoxy) is 1. The molecule has 1 aliphatic heterocycles. The fraction of sp³-hybridized carbons (Fsp3) is 0.412. The maximum Gasteiger partial charge on any atom is 0.255 e. The second-order valence-corrected chi connectivity index (χ2v) is 5.69. The van der Waals surface area contributed by atoms with Gasteiger partial charge in [0.1, 0.15) is 5.82 Å². The van der Waals surface area contributed by atoms with Crippen molar-refractivity contribution in [1.82, 2.24) is 9.55 Å². The molecule has 2 heterocycles. The summed E-state index contributed by atoms with van der Waals surface area (Å²) >= 11 is 0. The van der Waals surface area contributed by atoms with Crippen LogP contribution in [-0.2, 0) is 17.9 Å². The van der Waals surface area contributed by atoms with Gasteiger partial charge in [-0.1, -0.05) is 18.2 Å². The summed E-state index contributed by atoms with van der Waals surface area (Å²) in [6.07, 6.45) is 2.15. The van der Waals surface area contributed by atoms with Gasteiger partial charge in [-0.25, -0.2) is 9.37 Å². The molecule has 0 bridgehead atoms. The van der Waals surface area contributed by atoms with Gasteiger partial charge in [0.15, 0.2) is 0 Å². The van der Waals surface area contributed by atoms with Gasteiger partial charge in [-0.05, 0) is 18.9 Å². The van der Waals surface area contributed by atoms with E-state index in [-0.39, 0.29) is 24.5 Å². The van der Waals surface area contributed by atoms with Crippen LogP contribution in [0.2, 0.25) is 0 Å². The second kappa shape index (κ2) is 6.91. The molecule has 0 aliphatic carbocycles. The van der Waals surface area contributed by atoms with Crippen LogP contribution in [0.4, 0.5) is 10.3 Å². The number of rotatable bonds is 5. The first kappa shape index (κ1) is 15.7. The quantitative estimate of drug-likeness (QED) is 0.848. The number of halogens is 1. The maximum absolute atomic E-state index is 13.9. The van der Waals surface area contributed by atoms with Crippen molar-refractivity contribution in [2.45, 2.75) is 26.0 Å². The van der Waals surface area contributed by atoms with Crippen LogP contribution in [0.5, 0.6) is 0 Å². The highest BCUT2D eigenvalue weighted by atomic mass is 19.1. The van der Waals surface area contributed by atoms with Gasteiger partial charge in [-0.2, -0.15) is 0 Å². The van der Waals surface area contributed by atoms with E-state index in [0.717, 1.165) is 25.9 Å². The van der Waals surface area contributed by atoms with E-state index in [1.54, 1.807) is 29.9 Å². The summed E-state index contributed by atoms with van der Waals surface area (Å²) < 4.78 is 20.6. The van der Waals surface area contributed by atoms with Crippen molar-refractivity contribution in [2.24, 2.45) is 0 Å². The van der Waals surface area contributed by atoms with Crippen LogP contribution in [-0.4, -0.2) is 29.8 Å². The Morgan fingerprint density at radius 3 is 2.70 bits per heavy atom. The van der Waals surface area contributed by atoms with Crippen molar-refractivity contribution >= 4 is 5.95 Å². The van der Waals surface area contributed by atoms with Gasteiger partial charge in [0.25, 0.3) is 5.56 Å². The molecule has 0 N–H and O–H groups in total. The molecule has 1 fully saturated rings. The molecule has 0 spiro atoms. The van der Waals surface area contributed by atoms with E-state index in [0.29, 0.717) is 17.2 Å². The molecule has 3 rings (SSSR count). The van der Waals surface area contributed by atoms with Gasteiger partial charge < -0.3 is 9.64 Å². The Hall–Kier alpha value is -2.21. The third-order valence-electron chi connectivity index (χ3n) is 4.01. The lowest BCUT2D eigenvalue weighted by atomic mass is 10.2. The van der Waals surface area contributed by atoms with Crippen LogP contribution in [0.25, 0.3) is 0 Å². The predicted molar refractivity (Wildman–Crippen MR) is 86.2 cm³/mol. The van der Waals surface area contributed by atoms with Crippen LogP contribution >= 0.6 is 0 Å². The van der Waals surface area contributed by atoms with E-state index in [9.17, 15) is 9.18 Å². The summed E-state index contributed by atoms with van der Waals surface area (Å²) in [5, 5.41) is 0. The molecule has 0 unspecified atom stereocenters. The lowest BCUT2D eigenvalue weighted by Crippen LogP contribution is -2.32. The molecule has 0 amide bonds. The van der Waals surface area contributed by atoms with Crippen molar-refractivity contribution in [2.75, 3.05) is 25.1 Å². The zero-order valence-corrected chi connectivity index (χ0v) is 13.2. The number of aromatic nitrogens is 2. The first-order valence-corrected chi connectivity index (χ1v) is 7.77. The third-order valence-corrected chi connectivity index (χ3v) is 4.01. The van der Waals surface area contributed by atoms with E-state index in [1.165, 1.54) is 12.1 Å². The summed E-state index contributed by atoms with van der Waals surface area (Å²) in [5.41, 5.74) is 0.901. The Balaban J connectivity index is 2.03. The Labute approximate surface area is 134 Å². The lowest BCUT2D eigenvalue weighted by Gasteiger charge is -2.22. The molecule has 0 radical (unpaired) electrons. The van der Waals surface area contributed by atoms with E-state index in [1.807, 2.05) is 0 Å². The molecule has 122 valence electrons. The highest BCUT2D eigenvalue weighted by Gasteiger charge is 2.20. The number of benzene rings is 1. The molecule has 0 saturated carbocycles. The molecule has 1 aromatic carbocycles. The summed E-state index contributed by atoms with van der Waals surface area (Å²) in [7, 11) is 1.57. The molecule has 1 aromatic heterocycles. The molecule has 6 heteroatoms. The van der Waals surface area contributed by atoms with Crippen LogP contribution in [0.15, 0.2) is 35.1 Å². The molecular formula is C17H20FN3O2. The van der Waals surface area contributed by atoms with Crippen LogP contribution < -0.4 is 10.5 Å². The van der Waals surface area contributed by atoms with Crippen molar-refractivity contribution in [3.8, 4) is 0 Å². The minimum atomic E-state index is -0.312. The first-order chi connectivity index (χ1) is 11.2. The minimum Gasteiger partial charge on any atom is -0.378 e. The number of nitrogens with zero attached hydrogens (tertiary/aromatic N) is 3. The number of anilines is 1. The van der Waals surface area contributed by atoms with Crippen LogP contribution in [0, 0.1) is 5.82 Å². The van der Waals surface area contributed by atoms with E-state index in [2.05, 4.69) is 9.88 Å². The van der Waals surface area contributed by atoms with Crippen LogP contribution in [0.1, 0.15) is 24.1 Å². The summed E-state index contributed by atoms with van der Waals surface area (Å²) in [6, 6.07) is 7.97. The minimum absolute atomic E-state index is 0.178. The van der Waals surface area contributed by atoms with Gasteiger partial charge in [0.2, 0.25) is 5.95 Å². The van der Waals surface area contributed by atoms with Gasteiger partial charge in [-0.15, -0.1) is 0 Å². The highest BCUT2D eigenvalue weighted by molar-refractivity contribution is 5.35. The zero-order chi connectivity index (χ0) is 16.2. The van der Waals surface area contributed by atoms with Gasteiger partial charge >= 0.3 is 0 Å². The molecule has 1 saturated heterocycles. The molecule has 23 heavy (non-hydrogen) atoms. The summed E-state index contributed by atoms with van der Waals surface area (Å²) in [6.45, 7) is 2.19. The summed E-state index contributed by atoms with van der Waals surface area (Å²) in [5.74, 6) is 0.290. The monoisotopic (exact) mass is 317 g/mol. The second-order valence-electron chi connectivity index (χ2n) is 5.69. The molecular weight excluding hydrogens is 297 g/mol. The van der Waals surface area contributed by atoms with Gasteiger partial charge in [0, 0.05) is 31.8 Å². The highest BCUT2D eigenvalue weighted by Crippen LogP contribution is 2.19. The first-order valence-electron chi connectivity index (χ1n) is 7.77. The van der Waals surface area contributed by atoms with Crippen molar-refractivity contribution < 1.29 is 9.13 Å². The van der Waals surface area contributed by atoms with E-state index >= 15 is 0 Å². The lowest BCUT2D eigenvalue weighted by molar-refractivity contribution is 0.181. The average Bonchev–Trinajstić information content (AvgIpc) is 3.06. The van der Waals surface area contributed by atoms with Crippen molar-refractivity contribution in [1.29, 1.82) is 0 Å². The number of hydrogen-bond acceptors (Lipinski definition) is 4. The van der Waals surface area contributed by atoms with Crippen molar-refractivity contribution in [3.05, 3.63) is 57.8 Å². The smallest absolute Gasteiger partial charge is 0.255 e. The number of methoxy groups -OCH3 is 1. The fourth-order valence-corrected chi connectivity index (χ4v) is 2.87. The van der Waals surface area contributed by atoms with Crippen molar-refractivity contribution in [3.63, 3.8) is 0 Å². The van der Waals surface area contributed by atoms with Gasteiger partial charge in [0.05, 0.1) is 18.8 Å².